The third-order valence-corrected chi connectivity index (χ3v) is 2.81. The van der Waals surface area contributed by atoms with Crippen molar-refractivity contribution < 1.29 is 4.79 Å². The van der Waals surface area contributed by atoms with Gasteiger partial charge in [-0.2, -0.15) is 0 Å². The van der Waals surface area contributed by atoms with Gasteiger partial charge in [-0.05, 0) is 31.8 Å². The number of carbonyl (C=O) groups excluding carboxylic acids is 1. The number of amides is 1. The maximum atomic E-state index is 11.3. The van der Waals surface area contributed by atoms with E-state index >= 15 is 0 Å². The van der Waals surface area contributed by atoms with Crippen LogP contribution in [0.4, 0.5) is 0 Å². The largest absolute Gasteiger partial charge is 0.351 e. The number of hydrogen-bond acceptors (Lipinski definition) is 3. The molecule has 5 heteroatoms. The molecule has 0 aliphatic carbocycles. The highest BCUT2D eigenvalue weighted by molar-refractivity contribution is 5.85. The van der Waals surface area contributed by atoms with Crippen molar-refractivity contribution in [3.63, 3.8) is 0 Å². The van der Waals surface area contributed by atoms with E-state index in [2.05, 4.69) is 41.6 Å². The monoisotopic (exact) mass is 285 g/mol. The van der Waals surface area contributed by atoms with Crippen LogP contribution in [0.3, 0.4) is 0 Å². The third kappa shape index (κ3) is 7.15. The molecule has 2 N–H and O–H groups in total. The number of halogens is 1. The first-order valence-electron chi connectivity index (χ1n) is 6.33. The number of nitrogens with one attached hydrogen (secondary N) is 2. The van der Waals surface area contributed by atoms with Gasteiger partial charge in [0.2, 0.25) is 5.91 Å². The molecule has 0 atom stereocenters. The number of hydrogen-bond donors (Lipinski definition) is 2. The van der Waals surface area contributed by atoms with Gasteiger partial charge in [0.1, 0.15) is 0 Å². The van der Waals surface area contributed by atoms with Crippen LogP contribution in [0.25, 0.3) is 0 Å². The molecular formula is C14H24ClN3O. The first-order valence-corrected chi connectivity index (χ1v) is 6.33. The van der Waals surface area contributed by atoms with Gasteiger partial charge in [0.05, 0.1) is 6.54 Å². The summed E-state index contributed by atoms with van der Waals surface area (Å²) >= 11 is 0. The maximum Gasteiger partial charge on any atom is 0.234 e. The Morgan fingerprint density at radius 3 is 2.63 bits per heavy atom. The molecule has 0 bridgehead atoms. The first-order chi connectivity index (χ1) is 8.65. The maximum absolute atomic E-state index is 11.3. The molecule has 0 aliphatic rings. The number of nitrogens with zero attached hydrogens (tertiary/aromatic N) is 1. The summed E-state index contributed by atoms with van der Waals surface area (Å²) in [4.78, 5) is 13.6. The molecule has 0 spiro atoms. The molecule has 0 aromatic heterocycles. The second kappa shape index (κ2) is 9.78. The standard InChI is InChI=1S/C14H23N3O.ClH/c1-4-17(3)11-13-7-5-6-12(8-13)9-16-14(18)10-15-2;/h5-8,15H,4,9-11H2,1-3H3,(H,16,18);1H. The SMILES string of the molecule is CCN(C)Cc1cccc(CNC(=O)CNC)c1.Cl. The van der Waals surface area contributed by atoms with E-state index in [9.17, 15) is 4.79 Å². The summed E-state index contributed by atoms with van der Waals surface area (Å²) in [6.07, 6.45) is 0. The predicted molar refractivity (Wildman–Crippen MR) is 81.5 cm³/mol. The van der Waals surface area contributed by atoms with Gasteiger partial charge >= 0.3 is 0 Å². The second-order valence-electron chi connectivity index (χ2n) is 4.46. The van der Waals surface area contributed by atoms with Gasteiger partial charge in [-0.1, -0.05) is 31.2 Å². The molecule has 19 heavy (non-hydrogen) atoms. The molecule has 1 rings (SSSR count). The van der Waals surface area contributed by atoms with E-state index < -0.39 is 0 Å². The average Bonchev–Trinajstić information content (AvgIpc) is 2.37. The Hall–Kier alpha value is -1.10. The van der Waals surface area contributed by atoms with Crippen LogP contribution in [-0.4, -0.2) is 38.0 Å². The fourth-order valence-corrected chi connectivity index (χ4v) is 1.69. The van der Waals surface area contributed by atoms with Crippen molar-refractivity contribution in [3.05, 3.63) is 35.4 Å². The van der Waals surface area contributed by atoms with Crippen molar-refractivity contribution in [1.29, 1.82) is 0 Å². The Balaban J connectivity index is 0.00000324. The van der Waals surface area contributed by atoms with Crippen LogP contribution >= 0.6 is 12.4 Å². The molecule has 108 valence electrons. The zero-order valence-electron chi connectivity index (χ0n) is 11.9. The lowest BCUT2D eigenvalue weighted by Crippen LogP contribution is -2.31. The summed E-state index contributed by atoms with van der Waals surface area (Å²) in [7, 11) is 3.86. The fourth-order valence-electron chi connectivity index (χ4n) is 1.69. The van der Waals surface area contributed by atoms with Crippen molar-refractivity contribution in [2.24, 2.45) is 0 Å². The minimum absolute atomic E-state index is 0. The fraction of sp³-hybridized carbons (Fsp3) is 0.500. The van der Waals surface area contributed by atoms with Crippen LogP contribution in [0.1, 0.15) is 18.1 Å². The molecule has 4 nitrogen and oxygen atoms in total. The molecule has 0 fully saturated rings. The Bertz CT molecular complexity index is 385. The zero-order valence-corrected chi connectivity index (χ0v) is 12.7. The summed E-state index contributed by atoms with van der Waals surface area (Å²) < 4.78 is 0. The van der Waals surface area contributed by atoms with Gasteiger partial charge in [0.25, 0.3) is 0 Å². The molecular weight excluding hydrogens is 262 g/mol. The lowest BCUT2D eigenvalue weighted by Gasteiger charge is -2.14. The van der Waals surface area contributed by atoms with E-state index in [0.29, 0.717) is 13.1 Å². The highest BCUT2D eigenvalue weighted by Gasteiger charge is 2.01. The normalized spacial score (nSPS) is 10.1. The van der Waals surface area contributed by atoms with Crippen LogP contribution in [0.2, 0.25) is 0 Å². The van der Waals surface area contributed by atoms with Crippen molar-refractivity contribution in [2.75, 3.05) is 27.2 Å². The van der Waals surface area contributed by atoms with E-state index in [0.717, 1.165) is 18.7 Å². The van der Waals surface area contributed by atoms with E-state index in [-0.39, 0.29) is 18.3 Å². The topological polar surface area (TPSA) is 44.4 Å². The number of likely N-dealkylation sites (N-methyl/N-ethyl adjacent to an activating group) is 1. The average molecular weight is 286 g/mol. The van der Waals surface area contributed by atoms with Crippen LogP contribution in [0, 0.1) is 0 Å². The Morgan fingerprint density at radius 1 is 1.32 bits per heavy atom. The van der Waals surface area contributed by atoms with Crippen LogP contribution in [0.5, 0.6) is 0 Å². The van der Waals surface area contributed by atoms with Gasteiger partial charge in [0.15, 0.2) is 0 Å². The molecule has 0 saturated heterocycles. The van der Waals surface area contributed by atoms with Crippen molar-refractivity contribution in [1.82, 2.24) is 15.5 Å². The lowest BCUT2D eigenvalue weighted by atomic mass is 10.1. The van der Waals surface area contributed by atoms with Crippen molar-refractivity contribution in [3.8, 4) is 0 Å². The highest BCUT2D eigenvalue weighted by atomic mass is 35.5. The van der Waals surface area contributed by atoms with Crippen LogP contribution in [-0.2, 0) is 17.9 Å². The minimum Gasteiger partial charge on any atom is -0.351 e. The summed E-state index contributed by atoms with van der Waals surface area (Å²) in [5, 5.41) is 5.71. The molecule has 0 radical (unpaired) electrons. The van der Waals surface area contributed by atoms with Gasteiger partial charge < -0.3 is 15.5 Å². The predicted octanol–water partition coefficient (Wildman–Crippen LogP) is 1.40. The summed E-state index contributed by atoms with van der Waals surface area (Å²) in [5.74, 6) is 0.0218. The van der Waals surface area contributed by atoms with Crippen LogP contribution < -0.4 is 10.6 Å². The molecule has 0 saturated carbocycles. The smallest absolute Gasteiger partial charge is 0.234 e. The van der Waals surface area contributed by atoms with E-state index in [1.54, 1.807) is 7.05 Å². The minimum atomic E-state index is 0. The molecule has 1 aromatic carbocycles. The number of carbonyl (C=O) groups is 1. The Kier molecular flexibility index (Phi) is 9.21. The summed E-state index contributed by atoms with van der Waals surface area (Å²) in [6, 6.07) is 8.34. The third-order valence-electron chi connectivity index (χ3n) is 2.81. The van der Waals surface area contributed by atoms with Gasteiger partial charge in [-0.15, -0.1) is 12.4 Å². The lowest BCUT2D eigenvalue weighted by molar-refractivity contribution is -0.120. The van der Waals surface area contributed by atoms with E-state index in [1.165, 1.54) is 5.56 Å². The quantitative estimate of drug-likeness (QED) is 0.796. The summed E-state index contributed by atoms with van der Waals surface area (Å²) in [5.41, 5.74) is 2.42. The molecule has 0 aliphatic heterocycles. The van der Waals surface area contributed by atoms with E-state index in [1.807, 2.05) is 12.1 Å². The summed E-state index contributed by atoms with van der Waals surface area (Å²) in [6.45, 7) is 5.06. The Morgan fingerprint density at radius 2 is 2.00 bits per heavy atom. The second-order valence-corrected chi connectivity index (χ2v) is 4.46. The van der Waals surface area contributed by atoms with Gasteiger partial charge in [0, 0.05) is 13.1 Å². The first kappa shape index (κ1) is 17.9. The van der Waals surface area contributed by atoms with Crippen molar-refractivity contribution in [2.45, 2.75) is 20.0 Å². The Labute approximate surface area is 122 Å². The number of rotatable bonds is 7. The van der Waals surface area contributed by atoms with Crippen molar-refractivity contribution >= 4 is 18.3 Å². The molecule has 0 unspecified atom stereocenters. The number of benzene rings is 1. The van der Waals surface area contributed by atoms with E-state index in [4.69, 9.17) is 0 Å². The zero-order chi connectivity index (χ0) is 13.4. The van der Waals surface area contributed by atoms with Gasteiger partial charge in [-0.3, -0.25) is 4.79 Å². The molecule has 1 amide bonds. The molecule has 0 heterocycles. The van der Waals surface area contributed by atoms with Crippen LogP contribution in [0.15, 0.2) is 24.3 Å². The molecule has 1 aromatic rings. The van der Waals surface area contributed by atoms with Gasteiger partial charge in [-0.25, -0.2) is 0 Å². The highest BCUT2D eigenvalue weighted by Crippen LogP contribution is 2.07.